The molecule has 1 aromatic carbocycles. The van der Waals surface area contributed by atoms with Crippen molar-refractivity contribution in [1.29, 1.82) is 0 Å². The van der Waals surface area contributed by atoms with Crippen molar-refractivity contribution in [1.82, 2.24) is 4.90 Å². The smallest absolute Gasteiger partial charge is 0.336 e. The zero-order valence-electron chi connectivity index (χ0n) is 11.2. The molecule has 1 aliphatic rings. The van der Waals surface area contributed by atoms with Crippen LogP contribution in [0.15, 0.2) is 18.2 Å². The van der Waals surface area contributed by atoms with E-state index in [2.05, 4.69) is 0 Å². The van der Waals surface area contributed by atoms with Crippen LogP contribution in [0.4, 0.5) is 17.6 Å². The minimum absolute atomic E-state index is 0.0168. The van der Waals surface area contributed by atoms with Crippen LogP contribution < -0.4 is 0 Å². The maximum absolute atomic E-state index is 13.2. The van der Waals surface area contributed by atoms with Crippen LogP contribution in [-0.2, 0) is 6.18 Å². The highest BCUT2D eigenvalue weighted by molar-refractivity contribution is 5.94. The average Bonchev–Trinajstić information content (AvgIpc) is 2.66. The molecule has 0 N–H and O–H groups in total. The molecule has 110 valence electrons. The van der Waals surface area contributed by atoms with Gasteiger partial charge in [0.1, 0.15) is 5.82 Å². The van der Waals surface area contributed by atoms with Gasteiger partial charge in [0.25, 0.3) is 5.91 Å². The molecule has 0 spiro atoms. The van der Waals surface area contributed by atoms with Gasteiger partial charge in [0.15, 0.2) is 0 Å². The number of rotatable bonds is 1. The average molecular weight is 289 g/mol. The number of carbonyl (C=O) groups excluding carboxylic acids is 1. The quantitative estimate of drug-likeness (QED) is 0.722. The summed E-state index contributed by atoms with van der Waals surface area (Å²) in [5.41, 5.74) is -1.53. The van der Waals surface area contributed by atoms with Crippen LogP contribution in [0.2, 0.25) is 0 Å². The van der Waals surface area contributed by atoms with Gasteiger partial charge in [0.05, 0.1) is 5.56 Å². The number of hydrogen-bond donors (Lipinski definition) is 0. The van der Waals surface area contributed by atoms with Gasteiger partial charge in [-0.25, -0.2) is 4.39 Å². The summed E-state index contributed by atoms with van der Waals surface area (Å²) in [6, 6.07) is 2.37. The molecule has 0 aromatic heterocycles. The van der Waals surface area contributed by atoms with Crippen molar-refractivity contribution in [3.63, 3.8) is 0 Å². The van der Waals surface area contributed by atoms with Crippen LogP contribution in [0.3, 0.4) is 0 Å². The number of carbonyl (C=O) groups is 1. The first-order chi connectivity index (χ1) is 9.20. The molecule has 1 fully saturated rings. The van der Waals surface area contributed by atoms with Crippen LogP contribution in [0.25, 0.3) is 0 Å². The topological polar surface area (TPSA) is 20.3 Å². The van der Waals surface area contributed by atoms with Crippen molar-refractivity contribution in [2.75, 3.05) is 6.54 Å². The molecule has 6 heteroatoms. The van der Waals surface area contributed by atoms with E-state index < -0.39 is 23.5 Å². The number of alkyl halides is 3. The minimum atomic E-state index is -4.80. The fourth-order valence-electron chi connectivity index (χ4n) is 2.62. The van der Waals surface area contributed by atoms with E-state index in [1.54, 1.807) is 0 Å². The van der Waals surface area contributed by atoms with Crippen LogP contribution in [0.5, 0.6) is 0 Å². The summed E-state index contributed by atoms with van der Waals surface area (Å²) < 4.78 is 51.1. The van der Waals surface area contributed by atoms with Crippen LogP contribution >= 0.6 is 0 Å². The van der Waals surface area contributed by atoms with Crippen LogP contribution in [0, 0.1) is 11.7 Å². The van der Waals surface area contributed by atoms with E-state index in [1.165, 1.54) is 4.90 Å². The van der Waals surface area contributed by atoms with Crippen molar-refractivity contribution >= 4 is 5.91 Å². The van der Waals surface area contributed by atoms with E-state index in [9.17, 15) is 22.4 Å². The molecular weight excluding hydrogens is 274 g/mol. The largest absolute Gasteiger partial charge is 0.419 e. The first kappa shape index (κ1) is 14.8. The SMILES string of the molecule is CC1CC(C)N(C(=O)c2ccc(F)c(C(F)(F)F)c2)C1. The number of nitrogens with zero attached hydrogens (tertiary/aromatic N) is 1. The van der Waals surface area contributed by atoms with Crippen molar-refractivity contribution in [2.24, 2.45) is 5.92 Å². The Kier molecular flexibility index (Phi) is 3.75. The second-order valence-electron chi connectivity index (χ2n) is 5.34. The van der Waals surface area contributed by atoms with Gasteiger partial charge in [-0.15, -0.1) is 0 Å². The Labute approximate surface area is 114 Å². The van der Waals surface area contributed by atoms with E-state index in [0.29, 0.717) is 24.6 Å². The first-order valence-electron chi connectivity index (χ1n) is 6.38. The van der Waals surface area contributed by atoms with Gasteiger partial charge in [-0.3, -0.25) is 4.79 Å². The molecule has 0 saturated carbocycles. The van der Waals surface area contributed by atoms with E-state index in [-0.39, 0.29) is 11.6 Å². The standard InChI is InChI=1S/C14H15F4NO/c1-8-5-9(2)19(7-8)13(20)10-3-4-12(15)11(6-10)14(16,17)18/h3-4,6,8-9H,5,7H2,1-2H3. The van der Waals surface area contributed by atoms with E-state index in [0.717, 1.165) is 12.5 Å². The predicted octanol–water partition coefficient (Wildman–Crippen LogP) is 3.72. The molecule has 1 aromatic rings. The summed E-state index contributed by atoms with van der Waals surface area (Å²) in [5.74, 6) is -1.53. The Balaban J connectivity index is 2.32. The maximum Gasteiger partial charge on any atom is 0.419 e. The van der Waals surface area contributed by atoms with Gasteiger partial charge in [0.2, 0.25) is 0 Å². The number of likely N-dealkylation sites (tertiary alicyclic amines) is 1. The lowest BCUT2D eigenvalue weighted by molar-refractivity contribution is -0.140. The number of hydrogen-bond acceptors (Lipinski definition) is 1. The monoisotopic (exact) mass is 289 g/mol. The second kappa shape index (κ2) is 5.07. The molecule has 2 atom stereocenters. The van der Waals surface area contributed by atoms with Crippen molar-refractivity contribution in [2.45, 2.75) is 32.5 Å². The second-order valence-corrected chi connectivity index (χ2v) is 5.34. The molecule has 2 rings (SSSR count). The summed E-state index contributed by atoms with van der Waals surface area (Å²) in [6.45, 7) is 4.35. The van der Waals surface area contributed by atoms with Crippen molar-refractivity contribution in [3.8, 4) is 0 Å². The molecule has 20 heavy (non-hydrogen) atoms. The molecule has 0 aliphatic carbocycles. The van der Waals surface area contributed by atoms with E-state index >= 15 is 0 Å². The summed E-state index contributed by atoms with van der Waals surface area (Å²) in [6.07, 6.45) is -3.98. The lowest BCUT2D eigenvalue weighted by Gasteiger charge is -2.22. The van der Waals surface area contributed by atoms with E-state index in [4.69, 9.17) is 0 Å². The van der Waals surface area contributed by atoms with Crippen LogP contribution in [0.1, 0.15) is 36.2 Å². The fraction of sp³-hybridized carbons (Fsp3) is 0.500. The van der Waals surface area contributed by atoms with Gasteiger partial charge in [-0.05, 0) is 37.5 Å². The lowest BCUT2D eigenvalue weighted by Crippen LogP contribution is -2.34. The van der Waals surface area contributed by atoms with Gasteiger partial charge < -0.3 is 4.90 Å². The Morgan fingerprint density at radius 2 is 1.95 bits per heavy atom. The highest BCUT2D eigenvalue weighted by Gasteiger charge is 2.36. The number of amides is 1. The van der Waals surface area contributed by atoms with Crippen molar-refractivity contribution < 1.29 is 22.4 Å². The Morgan fingerprint density at radius 3 is 2.45 bits per heavy atom. The lowest BCUT2D eigenvalue weighted by atomic mass is 10.1. The molecule has 0 bridgehead atoms. The molecule has 0 radical (unpaired) electrons. The van der Waals surface area contributed by atoms with Crippen LogP contribution in [-0.4, -0.2) is 23.4 Å². The molecule has 1 amide bonds. The molecule has 2 unspecified atom stereocenters. The highest BCUT2D eigenvalue weighted by atomic mass is 19.4. The Morgan fingerprint density at radius 1 is 1.30 bits per heavy atom. The Hall–Kier alpha value is -1.59. The molecular formula is C14H15F4NO. The van der Waals surface area contributed by atoms with Gasteiger partial charge in [-0.1, -0.05) is 6.92 Å². The normalized spacial score (nSPS) is 23.2. The van der Waals surface area contributed by atoms with E-state index in [1.807, 2.05) is 13.8 Å². The zero-order chi connectivity index (χ0) is 15.1. The zero-order valence-corrected chi connectivity index (χ0v) is 11.2. The number of benzene rings is 1. The van der Waals surface area contributed by atoms with Gasteiger partial charge in [0, 0.05) is 18.2 Å². The summed E-state index contributed by atoms with van der Waals surface area (Å²) in [4.78, 5) is 13.8. The number of halogens is 4. The van der Waals surface area contributed by atoms with Crippen molar-refractivity contribution in [3.05, 3.63) is 35.1 Å². The molecule has 2 nitrogen and oxygen atoms in total. The van der Waals surface area contributed by atoms with Gasteiger partial charge in [-0.2, -0.15) is 13.2 Å². The minimum Gasteiger partial charge on any atom is -0.336 e. The Bertz CT molecular complexity index is 526. The summed E-state index contributed by atoms with van der Waals surface area (Å²) in [5, 5.41) is 0. The highest BCUT2D eigenvalue weighted by Crippen LogP contribution is 2.33. The third-order valence-corrected chi connectivity index (χ3v) is 3.56. The predicted molar refractivity (Wildman–Crippen MR) is 65.7 cm³/mol. The third kappa shape index (κ3) is 2.78. The fourth-order valence-corrected chi connectivity index (χ4v) is 2.62. The summed E-state index contributed by atoms with van der Waals surface area (Å²) >= 11 is 0. The first-order valence-corrected chi connectivity index (χ1v) is 6.38. The molecule has 1 aliphatic heterocycles. The maximum atomic E-state index is 13.2. The molecule has 1 saturated heterocycles. The third-order valence-electron chi connectivity index (χ3n) is 3.56. The molecule has 1 heterocycles. The summed E-state index contributed by atoms with van der Waals surface area (Å²) in [7, 11) is 0. The van der Waals surface area contributed by atoms with Gasteiger partial charge >= 0.3 is 6.18 Å².